The number of nitrogens with zero attached hydrogens (tertiary/aromatic N) is 3. The molecule has 1 amide bonds. The summed E-state index contributed by atoms with van der Waals surface area (Å²) in [6.07, 6.45) is -1.07. The number of halogens is 4. The third-order valence-electron chi connectivity index (χ3n) is 3.41. The van der Waals surface area contributed by atoms with Crippen LogP contribution in [-0.4, -0.2) is 20.9 Å². The summed E-state index contributed by atoms with van der Waals surface area (Å²) in [5.74, 6) is -0.939. The Bertz CT molecular complexity index is 962. The fraction of sp³-hybridized carbons (Fsp3) is 0.0588. The van der Waals surface area contributed by atoms with Crippen LogP contribution in [0.25, 0.3) is 11.3 Å². The molecule has 0 atom stereocenters. The SMILES string of the molecule is O=C(Nc1cc(C(F)(F)F)ccn1)c1cncnc1-c1ccccc1Cl. The van der Waals surface area contributed by atoms with Gasteiger partial charge >= 0.3 is 6.18 Å². The summed E-state index contributed by atoms with van der Waals surface area (Å²) in [4.78, 5) is 24.1. The van der Waals surface area contributed by atoms with E-state index in [2.05, 4.69) is 20.3 Å². The molecule has 0 unspecified atom stereocenters. The average Bonchev–Trinajstić information content (AvgIpc) is 2.62. The Balaban J connectivity index is 1.94. The predicted molar refractivity (Wildman–Crippen MR) is 89.7 cm³/mol. The molecule has 0 saturated heterocycles. The van der Waals surface area contributed by atoms with E-state index in [1.165, 1.54) is 12.5 Å². The highest BCUT2D eigenvalue weighted by molar-refractivity contribution is 6.33. The van der Waals surface area contributed by atoms with Crippen molar-refractivity contribution in [3.8, 4) is 11.3 Å². The lowest BCUT2D eigenvalue weighted by molar-refractivity contribution is -0.137. The minimum atomic E-state index is -4.54. The van der Waals surface area contributed by atoms with Gasteiger partial charge in [-0.2, -0.15) is 13.2 Å². The van der Waals surface area contributed by atoms with Crippen molar-refractivity contribution >= 4 is 23.3 Å². The van der Waals surface area contributed by atoms with Crippen LogP contribution in [0.4, 0.5) is 19.0 Å². The van der Waals surface area contributed by atoms with Gasteiger partial charge < -0.3 is 5.32 Å². The number of rotatable bonds is 3. The van der Waals surface area contributed by atoms with Crippen LogP contribution in [-0.2, 0) is 6.18 Å². The molecule has 3 aromatic rings. The van der Waals surface area contributed by atoms with E-state index in [4.69, 9.17) is 11.6 Å². The van der Waals surface area contributed by atoms with Crippen molar-refractivity contribution < 1.29 is 18.0 Å². The molecule has 0 bridgehead atoms. The minimum Gasteiger partial charge on any atom is -0.306 e. The van der Waals surface area contributed by atoms with E-state index in [0.717, 1.165) is 18.3 Å². The number of nitrogens with one attached hydrogen (secondary N) is 1. The van der Waals surface area contributed by atoms with E-state index in [1.54, 1.807) is 24.3 Å². The van der Waals surface area contributed by atoms with Gasteiger partial charge in [0, 0.05) is 23.0 Å². The van der Waals surface area contributed by atoms with E-state index in [-0.39, 0.29) is 17.1 Å². The molecule has 0 aliphatic rings. The molecule has 0 aliphatic carbocycles. The van der Waals surface area contributed by atoms with Gasteiger partial charge in [0.2, 0.25) is 0 Å². The molecule has 0 aliphatic heterocycles. The van der Waals surface area contributed by atoms with Crippen molar-refractivity contribution in [2.45, 2.75) is 6.18 Å². The first kappa shape index (κ1) is 17.8. The fourth-order valence-electron chi connectivity index (χ4n) is 2.22. The van der Waals surface area contributed by atoms with Crippen molar-refractivity contribution in [3.05, 3.63) is 71.3 Å². The van der Waals surface area contributed by atoms with Gasteiger partial charge in [0.05, 0.1) is 16.8 Å². The second-order valence-corrected chi connectivity index (χ2v) is 5.55. The molecule has 3 rings (SSSR count). The van der Waals surface area contributed by atoms with Crippen LogP contribution in [0.15, 0.2) is 55.1 Å². The van der Waals surface area contributed by atoms with Crippen molar-refractivity contribution in [2.24, 2.45) is 0 Å². The molecule has 9 heteroatoms. The van der Waals surface area contributed by atoms with Crippen molar-refractivity contribution in [1.82, 2.24) is 15.0 Å². The number of pyridine rings is 1. The summed E-state index contributed by atoms with van der Waals surface area (Å²) < 4.78 is 38.3. The van der Waals surface area contributed by atoms with Crippen LogP contribution in [0.3, 0.4) is 0 Å². The molecule has 26 heavy (non-hydrogen) atoms. The first-order valence-electron chi connectivity index (χ1n) is 7.26. The molecule has 5 nitrogen and oxygen atoms in total. The number of hydrogen-bond donors (Lipinski definition) is 1. The lowest BCUT2D eigenvalue weighted by Crippen LogP contribution is -2.16. The Morgan fingerprint density at radius 2 is 1.88 bits per heavy atom. The highest BCUT2D eigenvalue weighted by atomic mass is 35.5. The zero-order chi connectivity index (χ0) is 18.7. The topological polar surface area (TPSA) is 67.8 Å². The number of carbonyl (C=O) groups is 1. The van der Waals surface area contributed by atoms with Crippen molar-refractivity contribution in [2.75, 3.05) is 5.32 Å². The Hall–Kier alpha value is -3.00. The van der Waals surface area contributed by atoms with Gasteiger partial charge in [0.25, 0.3) is 5.91 Å². The first-order valence-corrected chi connectivity index (χ1v) is 7.63. The monoisotopic (exact) mass is 378 g/mol. The fourth-order valence-corrected chi connectivity index (χ4v) is 2.45. The molecule has 132 valence electrons. The Labute approximate surface area is 150 Å². The summed E-state index contributed by atoms with van der Waals surface area (Å²) in [5, 5.41) is 2.70. The van der Waals surface area contributed by atoms with E-state index in [9.17, 15) is 18.0 Å². The Kier molecular flexibility index (Phi) is 4.85. The summed E-state index contributed by atoms with van der Waals surface area (Å²) >= 11 is 6.14. The maximum absolute atomic E-state index is 12.8. The second kappa shape index (κ2) is 7.09. The summed E-state index contributed by atoms with van der Waals surface area (Å²) in [7, 11) is 0. The predicted octanol–water partition coefficient (Wildman–Crippen LogP) is 4.46. The van der Waals surface area contributed by atoms with Crippen LogP contribution in [0.2, 0.25) is 5.02 Å². The van der Waals surface area contributed by atoms with Gasteiger partial charge in [-0.1, -0.05) is 29.8 Å². The Morgan fingerprint density at radius 1 is 1.12 bits per heavy atom. The molecule has 2 aromatic heterocycles. The number of anilines is 1. The smallest absolute Gasteiger partial charge is 0.306 e. The second-order valence-electron chi connectivity index (χ2n) is 5.15. The Morgan fingerprint density at radius 3 is 2.62 bits per heavy atom. The maximum atomic E-state index is 12.8. The lowest BCUT2D eigenvalue weighted by atomic mass is 10.1. The quantitative estimate of drug-likeness (QED) is 0.730. The molecule has 0 fully saturated rings. The highest BCUT2D eigenvalue weighted by Crippen LogP contribution is 2.31. The molecule has 1 aromatic carbocycles. The number of amides is 1. The normalized spacial score (nSPS) is 11.2. The molecule has 1 N–H and O–H groups in total. The van der Waals surface area contributed by atoms with E-state index in [0.29, 0.717) is 10.6 Å². The molecular formula is C17H10ClF3N4O. The molecule has 0 radical (unpaired) electrons. The largest absolute Gasteiger partial charge is 0.416 e. The van der Waals surface area contributed by atoms with Gasteiger partial charge in [-0.15, -0.1) is 0 Å². The van der Waals surface area contributed by atoms with Gasteiger partial charge in [0.1, 0.15) is 12.1 Å². The molecular weight excluding hydrogens is 369 g/mol. The number of benzene rings is 1. The van der Waals surface area contributed by atoms with Gasteiger partial charge in [-0.3, -0.25) is 4.79 Å². The van der Waals surface area contributed by atoms with Crippen LogP contribution in [0.1, 0.15) is 15.9 Å². The minimum absolute atomic E-state index is 0.0554. The van der Waals surface area contributed by atoms with Crippen molar-refractivity contribution in [1.29, 1.82) is 0 Å². The molecule has 2 heterocycles. The zero-order valence-corrected chi connectivity index (χ0v) is 13.7. The highest BCUT2D eigenvalue weighted by Gasteiger charge is 2.31. The number of hydrogen-bond acceptors (Lipinski definition) is 4. The van der Waals surface area contributed by atoms with Crippen molar-refractivity contribution in [3.63, 3.8) is 0 Å². The summed E-state index contributed by atoms with van der Waals surface area (Å²) in [6.45, 7) is 0. The van der Waals surface area contributed by atoms with Crippen LogP contribution < -0.4 is 5.32 Å². The first-order chi connectivity index (χ1) is 12.4. The van der Waals surface area contributed by atoms with Gasteiger partial charge in [0.15, 0.2) is 0 Å². The van der Waals surface area contributed by atoms with Crippen LogP contribution >= 0.6 is 11.6 Å². The van der Waals surface area contributed by atoms with E-state index in [1.807, 2.05) is 0 Å². The van der Waals surface area contributed by atoms with Gasteiger partial charge in [-0.05, 0) is 18.2 Å². The van der Waals surface area contributed by atoms with E-state index < -0.39 is 17.6 Å². The lowest BCUT2D eigenvalue weighted by Gasteiger charge is -2.11. The average molecular weight is 379 g/mol. The van der Waals surface area contributed by atoms with Gasteiger partial charge in [-0.25, -0.2) is 15.0 Å². The van der Waals surface area contributed by atoms with E-state index >= 15 is 0 Å². The number of alkyl halides is 3. The maximum Gasteiger partial charge on any atom is 0.416 e. The molecule has 0 spiro atoms. The number of carbonyl (C=O) groups excluding carboxylic acids is 1. The summed E-state index contributed by atoms with van der Waals surface area (Å²) in [5.41, 5.74) is -0.105. The zero-order valence-electron chi connectivity index (χ0n) is 13.0. The molecule has 0 saturated carbocycles. The number of aromatic nitrogens is 3. The van der Waals surface area contributed by atoms with Crippen LogP contribution in [0, 0.1) is 0 Å². The standard InChI is InChI=1S/C17H10ClF3N4O/c18-13-4-2-1-3-11(13)15-12(8-22-9-24-15)16(26)25-14-7-10(5-6-23-14)17(19,20)21/h1-9H,(H,23,25,26). The van der Waals surface area contributed by atoms with Crippen LogP contribution in [0.5, 0.6) is 0 Å². The third-order valence-corrected chi connectivity index (χ3v) is 3.74. The summed E-state index contributed by atoms with van der Waals surface area (Å²) in [6, 6.07) is 8.31. The third kappa shape index (κ3) is 3.80.